The van der Waals surface area contributed by atoms with Gasteiger partial charge >= 0.3 is 0 Å². The van der Waals surface area contributed by atoms with E-state index in [9.17, 15) is 4.79 Å². The number of anilines is 1. The van der Waals surface area contributed by atoms with Gasteiger partial charge in [0.25, 0.3) is 0 Å². The standard InChI is InChI=1S/C26H30N4O5/c1-16(31)28-24-9-19-20(12-30(2)22(19)11-27-24)21-10-23(34-14-17-3-6-32-13-17)18-4-7-35-26(25(18)29-21)5-8-33-15-26/h9-12,17H,3-8,13-15H2,1-2H3,(H,27,28,31)/t17-,26?/m1/s1. The lowest BCUT2D eigenvalue weighted by Gasteiger charge is -2.34. The first-order valence-electron chi connectivity index (χ1n) is 12.2. The predicted molar refractivity (Wildman–Crippen MR) is 129 cm³/mol. The van der Waals surface area contributed by atoms with Crippen molar-refractivity contribution in [2.24, 2.45) is 13.0 Å². The quantitative estimate of drug-likeness (QED) is 0.602. The normalized spacial score (nSPS) is 23.7. The highest BCUT2D eigenvalue weighted by Crippen LogP contribution is 2.44. The van der Waals surface area contributed by atoms with Crippen LogP contribution in [-0.4, -0.2) is 60.1 Å². The van der Waals surface area contributed by atoms with E-state index >= 15 is 0 Å². The van der Waals surface area contributed by atoms with E-state index in [0.29, 0.717) is 38.2 Å². The molecule has 0 aliphatic carbocycles. The number of pyridine rings is 2. The number of amides is 1. The molecule has 0 bridgehead atoms. The number of nitrogens with zero attached hydrogens (tertiary/aromatic N) is 3. The minimum atomic E-state index is -0.536. The van der Waals surface area contributed by atoms with E-state index in [-0.39, 0.29) is 5.91 Å². The molecule has 3 aliphatic rings. The summed E-state index contributed by atoms with van der Waals surface area (Å²) in [6.07, 6.45) is 6.37. The third kappa shape index (κ3) is 4.07. The van der Waals surface area contributed by atoms with Crippen LogP contribution in [-0.2, 0) is 38.1 Å². The van der Waals surface area contributed by atoms with E-state index in [1.54, 1.807) is 6.20 Å². The average Bonchev–Trinajstić information content (AvgIpc) is 3.59. The predicted octanol–water partition coefficient (Wildman–Crippen LogP) is 3.20. The Morgan fingerprint density at radius 3 is 2.97 bits per heavy atom. The Kier molecular flexibility index (Phi) is 5.70. The SMILES string of the molecule is CC(=O)Nc1cc2c(-c3cc(OC[C@@H]4CCOC4)c4c(n3)C3(CCOC3)OCC4)cn(C)c2cn1. The fourth-order valence-corrected chi connectivity index (χ4v) is 5.35. The summed E-state index contributed by atoms with van der Waals surface area (Å²) in [4.78, 5) is 21.2. The van der Waals surface area contributed by atoms with E-state index in [1.165, 1.54) is 6.92 Å². The van der Waals surface area contributed by atoms with E-state index in [4.69, 9.17) is 23.9 Å². The molecule has 0 saturated carbocycles. The van der Waals surface area contributed by atoms with Crippen LogP contribution in [0.5, 0.6) is 5.75 Å². The van der Waals surface area contributed by atoms with Gasteiger partial charge in [0.15, 0.2) is 0 Å². The van der Waals surface area contributed by atoms with Crippen molar-refractivity contribution in [2.75, 3.05) is 45.0 Å². The minimum absolute atomic E-state index is 0.159. The lowest BCUT2D eigenvalue weighted by molar-refractivity contribution is -0.114. The van der Waals surface area contributed by atoms with Crippen LogP contribution in [0.3, 0.4) is 0 Å². The van der Waals surface area contributed by atoms with Gasteiger partial charge in [-0.25, -0.2) is 9.97 Å². The van der Waals surface area contributed by atoms with Crippen molar-refractivity contribution in [2.45, 2.75) is 31.8 Å². The van der Waals surface area contributed by atoms with Crippen molar-refractivity contribution in [3.8, 4) is 17.0 Å². The molecule has 1 spiro atoms. The number of fused-ring (bicyclic) bond motifs is 3. The summed E-state index contributed by atoms with van der Waals surface area (Å²) in [5.41, 5.74) is 4.21. The second-order valence-electron chi connectivity index (χ2n) is 9.69. The summed E-state index contributed by atoms with van der Waals surface area (Å²) in [5, 5.41) is 3.75. The number of ether oxygens (including phenoxy) is 4. The van der Waals surface area contributed by atoms with Gasteiger partial charge in [0, 0.05) is 74.7 Å². The summed E-state index contributed by atoms with van der Waals surface area (Å²) in [6.45, 7) is 5.41. The molecule has 6 heterocycles. The Morgan fingerprint density at radius 2 is 2.20 bits per heavy atom. The van der Waals surface area contributed by atoms with E-state index < -0.39 is 5.60 Å². The topological polar surface area (TPSA) is 96.7 Å². The summed E-state index contributed by atoms with van der Waals surface area (Å²) >= 11 is 0. The van der Waals surface area contributed by atoms with E-state index in [0.717, 1.165) is 71.6 Å². The zero-order valence-electron chi connectivity index (χ0n) is 20.1. The van der Waals surface area contributed by atoms with Crippen LogP contribution in [0.1, 0.15) is 31.0 Å². The van der Waals surface area contributed by atoms with Crippen LogP contribution >= 0.6 is 0 Å². The number of hydrogen-bond donors (Lipinski definition) is 1. The minimum Gasteiger partial charge on any atom is -0.493 e. The highest BCUT2D eigenvalue weighted by atomic mass is 16.6. The molecular weight excluding hydrogens is 448 g/mol. The number of aromatic nitrogens is 3. The number of carbonyl (C=O) groups excluding carboxylic acids is 1. The number of carbonyl (C=O) groups is 1. The van der Waals surface area contributed by atoms with Crippen LogP contribution in [0.15, 0.2) is 24.5 Å². The van der Waals surface area contributed by atoms with Gasteiger partial charge in [-0.15, -0.1) is 0 Å². The molecule has 3 aromatic heterocycles. The number of hydrogen-bond acceptors (Lipinski definition) is 7. The molecule has 0 aromatic carbocycles. The van der Waals surface area contributed by atoms with Crippen molar-refractivity contribution in [1.29, 1.82) is 0 Å². The maximum atomic E-state index is 11.6. The summed E-state index contributed by atoms with van der Waals surface area (Å²) < 4.78 is 26.1. The smallest absolute Gasteiger partial charge is 0.222 e. The van der Waals surface area contributed by atoms with Crippen molar-refractivity contribution in [1.82, 2.24) is 14.5 Å². The third-order valence-electron chi connectivity index (χ3n) is 7.19. The number of aryl methyl sites for hydroxylation is 1. The highest BCUT2D eigenvalue weighted by Gasteiger charge is 2.44. The molecule has 9 nitrogen and oxygen atoms in total. The van der Waals surface area contributed by atoms with Crippen molar-refractivity contribution in [3.63, 3.8) is 0 Å². The molecule has 1 amide bonds. The number of rotatable bonds is 5. The molecule has 9 heteroatoms. The third-order valence-corrected chi connectivity index (χ3v) is 7.19. The first-order valence-corrected chi connectivity index (χ1v) is 12.2. The average molecular weight is 479 g/mol. The summed E-state index contributed by atoms with van der Waals surface area (Å²) in [5.74, 6) is 1.61. The monoisotopic (exact) mass is 478 g/mol. The molecule has 0 radical (unpaired) electrons. The van der Waals surface area contributed by atoms with Crippen molar-refractivity contribution in [3.05, 3.63) is 35.8 Å². The maximum absolute atomic E-state index is 11.6. The summed E-state index contributed by atoms with van der Waals surface area (Å²) in [6, 6.07) is 3.95. The highest BCUT2D eigenvalue weighted by molar-refractivity contribution is 5.98. The van der Waals surface area contributed by atoms with E-state index in [2.05, 4.69) is 22.6 Å². The second-order valence-corrected chi connectivity index (χ2v) is 9.69. The van der Waals surface area contributed by atoms with Crippen molar-refractivity contribution >= 4 is 22.6 Å². The Bertz CT molecular complexity index is 1270. The van der Waals surface area contributed by atoms with Gasteiger partial charge in [0.1, 0.15) is 17.2 Å². The van der Waals surface area contributed by atoms with Gasteiger partial charge in [0.05, 0.1) is 49.5 Å². The van der Waals surface area contributed by atoms with Crippen molar-refractivity contribution < 1.29 is 23.7 Å². The Labute approximate surface area is 203 Å². The Hall–Kier alpha value is -3.01. The van der Waals surface area contributed by atoms with Gasteiger partial charge < -0.3 is 28.8 Å². The zero-order valence-corrected chi connectivity index (χ0v) is 20.1. The van der Waals surface area contributed by atoms with Crippen LogP contribution < -0.4 is 10.1 Å². The molecule has 2 fully saturated rings. The molecule has 1 N–H and O–H groups in total. The first-order chi connectivity index (χ1) is 17.0. The molecule has 3 aliphatic heterocycles. The molecular formula is C26H30N4O5. The molecule has 35 heavy (non-hydrogen) atoms. The Balaban J connectivity index is 1.48. The van der Waals surface area contributed by atoms with Gasteiger partial charge in [0.2, 0.25) is 5.91 Å². The first kappa shape index (κ1) is 22.5. The molecule has 6 rings (SSSR count). The number of nitrogens with one attached hydrogen (secondary N) is 1. The lowest BCUT2D eigenvalue weighted by atomic mass is 9.89. The van der Waals surface area contributed by atoms with Crippen LogP contribution in [0.25, 0.3) is 22.2 Å². The second kappa shape index (κ2) is 8.89. The molecule has 184 valence electrons. The fraction of sp³-hybridized carbons (Fsp3) is 0.500. The molecule has 2 atom stereocenters. The van der Waals surface area contributed by atoms with Gasteiger partial charge in [-0.2, -0.15) is 0 Å². The van der Waals surface area contributed by atoms with Gasteiger partial charge in [-0.3, -0.25) is 4.79 Å². The van der Waals surface area contributed by atoms with Gasteiger partial charge in [-0.05, 0) is 12.5 Å². The summed E-state index contributed by atoms with van der Waals surface area (Å²) in [7, 11) is 1.98. The largest absolute Gasteiger partial charge is 0.493 e. The van der Waals surface area contributed by atoms with E-state index in [1.807, 2.05) is 17.7 Å². The zero-order chi connectivity index (χ0) is 24.0. The fourth-order valence-electron chi connectivity index (χ4n) is 5.35. The van der Waals surface area contributed by atoms with Crippen LogP contribution in [0, 0.1) is 5.92 Å². The molecule has 2 saturated heterocycles. The maximum Gasteiger partial charge on any atom is 0.222 e. The van der Waals surface area contributed by atoms with Crippen LogP contribution in [0.2, 0.25) is 0 Å². The van der Waals surface area contributed by atoms with Gasteiger partial charge in [-0.1, -0.05) is 0 Å². The Morgan fingerprint density at radius 1 is 1.29 bits per heavy atom. The molecule has 1 unspecified atom stereocenters. The van der Waals surface area contributed by atoms with Crippen LogP contribution in [0.4, 0.5) is 5.82 Å². The lowest BCUT2D eigenvalue weighted by Crippen LogP contribution is -2.37. The molecule has 3 aromatic rings.